The standard InChI is InChI=1S/C15H16/c1-3-11(10-6-4-9(2)5-7-10)13-14-12-8-15(12,13)14/h3-7,11-14H,1,8H2,2H3. The van der Waals surface area contributed by atoms with Crippen molar-refractivity contribution in [2.24, 2.45) is 23.2 Å². The lowest BCUT2D eigenvalue weighted by molar-refractivity contribution is 0.548. The molecule has 0 aliphatic heterocycles. The molecule has 0 nitrogen and oxygen atoms in total. The highest BCUT2D eigenvalue weighted by Crippen LogP contribution is 3.02. The lowest BCUT2D eigenvalue weighted by Gasteiger charge is -2.15. The van der Waals surface area contributed by atoms with Gasteiger partial charge < -0.3 is 0 Å². The van der Waals surface area contributed by atoms with Crippen LogP contribution in [0.4, 0.5) is 0 Å². The van der Waals surface area contributed by atoms with Crippen molar-refractivity contribution < 1.29 is 0 Å². The first-order chi connectivity index (χ1) is 7.29. The Morgan fingerprint density at radius 1 is 1.40 bits per heavy atom. The summed E-state index contributed by atoms with van der Waals surface area (Å²) in [6.07, 6.45) is 3.70. The molecule has 0 radical (unpaired) electrons. The van der Waals surface area contributed by atoms with Crippen molar-refractivity contribution in [3.05, 3.63) is 48.0 Å². The summed E-state index contributed by atoms with van der Waals surface area (Å²) < 4.78 is 0. The van der Waals surface area contributed by atoms with Gasteiger partial charge >= 0.3 is 0 Å². The second-order valence-electron chi connectivity index (χ2n) is 5.65. The third kappa shape index (κ3) is 0.806. The topological polar surface area (TPSA) is 0 Å². The molecule has 3 aliphatic carbocycles. The van der Waals surface area contributed by atoms with Gasteiger partial charge in [0.1, 0.15) is 0 Å². The maximum absolute atomic E-state index is 4.03. The molecule has 4 rings (SSSR count). The molecule has 0 bridgehead atoms. The fourth-order valence-electron chi connectivity index (χ4n) is 3.87. The lowest BCUT2D eigenvalue weighted by atomic mass is 9.89. The Balaban J connectivity index is 1.64. The Labute approximate surface area is 91.0 Å². The lowest BCUT2D eigenvalue weighted by Crippen LogP contribution is -2.04. The summed E-state index contributed by atoms with van der Waals surface area (Å²) in [4.78, 5) is 0. The van der Waals surface area contributed by atoms with E-state index in [0.717, 1.165) is 23.2 Å². The van der Waals surface area contributed by atoms with Crippen LogP contribution in [0.3, 0.4) is 0 Å². The summed E-state index contributed by atoms with van der Waals surface area (Å²) in [5.41, 5.74) is 3.68. The number of hydrogen-bond donors (Lipinski definition) is 0. The molecule has 0 saturated heterocycles. The zero-order valence-corrected chi connectivity index (χ0v) is 9.11. The van der Waals surface area contributed by atoms with Crippen molar-refractivity contribution in [2.45, 2.75) is 19.3 Å². The molecular formula is C15H16. The molecule has 5 unspecified atom stereocenters. The predicted molar refractivity (Wildman–Crippen MR) is 61.6 cm³/mol. The molecule has 0 aromatic heterocycles. The van der Waals surface area contributed by atoms with Gasteiger partial charge in [-0.15, -0.1) is 6.58 Å². The smallest absolute Gasteiger partial charge is 0.00520 e. The van der Waals surface area contributed by atoms with Gasteiger partial charge in [0.2, 0.25) is 0 Å². The molecule has 3 aliphatic rings. The maximum Gasteiger partial charge on any atom is 0.00520 e. The molecule has 1 aromatic carbocycles. The van der Waals surface area contributed by atoms with Crippen LogP contribution in [0.1, 0.15) is 23.5 Å². The summed E-state index contributed by atoms with van der Waals surface area (Å²) in [6, 6.07) is 9.02. The van der Waals surface area contributed by atoms with E-state index in [1.165, 1.54) is 17.5 Å². The Morgan fingerprint density at radius 2 is 2.07 bits per heavy atom. The number of allylic oxidation sites excluding steroid dienone is 1. The number of aryl methyl sites for hydroxylation is 1. The summed E-state index contributed by atoms with van der Waals surface area (Å²) in [6.45, 7) is 6.18. The van der Waals surface area contributed by atoms with Crippen LogP contribution in [-0.2, 0) is 0 Å². The Kier molecular flexibility index (Phi) is 1.20. The van der Waals surface area contributed by atoms with Gasteiger partial charge in [-0.3, -0.25) is 0 Å². The molecule has 0 heterocycles. The molecule has 5 atom stereocenters. The number of rotatable bonds is 3. The molecule has 1 aromatic rings. The van der Waals surface area contributed by atoms with Crippen LogP contribution in [0, 0.1) is 30.1 Å². The van der Waals surface area contributed by atoms with Crippen molar-refractivity contribution in [3.63, 3.8) is 0 Å². The molecule has 0 amide bonds. The van der Waals surface area contributed by atoms with E-state index >= 15 is 0 Å². The van der Waals surface area contributed by atoms with Crippen molar-refractivity contribution in [3.8, 4) is 0 Å². The van der Waals surface area contributed by atoms with Crippen molar-refractivity contribution >= 4 is 0 Å². The molecule has 15 heavy (non-hydrogen) atoms. The fourth-order valence-corrected chi connectivity index (χ4v) is 3.87. The highest BCUT2D eigenvalue weighted by atomic mass is 15.0. The van der Waals surface area contributed by atoms with Gasteiger partial charge in [0.25, 0.3) is 0 Å². The normalized spacial score (nSPS) is 45.0. The minimum atomic E-state index is 0.634. The third-order valence-electron chi connectivity index (χ3n) is 5.05. The summed E-state index contributed by atoms with van der Waals surface area (Å²) in [7, 11) is 0. The largest absolute Gasteiger partial charge is 0.102 e. The molecule has 1 spiro atoms. The molecule has 0 N–H and O–H groups in total. The first-order valence-electron chi connectivity index (χ1n) is 5.98. The average Bonchev–Trinajstić information content (AvgIpc) is 3.12. The van der Waals surface area contributed by atoms with Crippen LogP contribution >= 0.6 is 0 Å². The number of fused-ring (bicyclic) bond motifs is 1. The van der Waals surface area contributed by atoms with Crippen molar-refractivity contribution in [2.75, 3.05) is 0 Å². The van der Waals surface area contributed by atoms with Gasteiger partial charge in [0, 0.05) is 5.92 Å². The summed E-state index contributed by atoms with van der Waals surface area (Å²) in [5.74, 6) is 3.84. The van der Waals surface area contributed by atoms with E-state index in [4.69, 9.17) is 0 Å². The Hall–Kier alpha value is -1.04. The van der Waals surface area contributed by atoms with Crippen LogP contribution in [0.2, 0.25) is 0 Å². The third-order valence-corrected chi connectivity index (χ3v) is 5.05. The van der Waals surface area contributed by atoms with E-state index in [0.29, 0.717) is 5.92 Å². The van der Waals surface area contributed by atoms with Gasteiger partial charge in [-0.1, -0.05) is 35.9 Å². The van der Waals surface area contributed by atoms with Crippen LogP contribution in [0.25, 0.3) is 0 Å². The molecule has 0 heteroatoms. The van der Waals surface area contributed by atoms with Crippen molar-refractivity contribution in [1.82, 2.24) is 0 Å². The zero-order chi connectivity index (χ0) is 10.2. The fraction of sp³-hybridized carbons (Fsp3) is 0.467. The number of benzene rings is 1. The zero-order valence-electron chi connectivity index (χ0n) is 9.11. The Bertz CT molecular complexity index is 442. The van der Waals surface area contributed by atoms with Gasteiger partial charge in [0.05, 0.1) is 0 Å². The van der Waals surface area contributed by atoms with Crippen LogP contribution in [-0.4, -0.2) is 0 Å². The van der Waals surface area contributed by atoms with Crippen LogP contribution in [0.15, 0.2) is 36.9 Å². The van der Waals surface area contributed by atoms with E-state index in [1.54, 1.807) is 0 Å². The van der Waals surface area contributed by atoms with Crippen LogP contribution < -0.4 is 0 Å². The van der Waals surface area contributed by atoms with Crippen molar-refractivity contribution in [1.29, 1.82) is 0 Å². The minimum absolute atomic E-state index is 0.634. The van der Waals surface area contributed by atoms with Gasteiger partial charge in [-0.25, -0.2) is 0 Å². The van der Waals surface area contributed by atoms with E-state index in [2.05, 4.69) is 43.8 Å². The predicted octanol–water partition coefficient (Wildman–Crippen LogP) is 3.53. The SMILES string of the molecule is C=CC(c1ccc(C)cc1)C1C2C3CC312. The van der Waals surface area contributed by atoms with Gasteiger partial charge in [-0.05, 0) is 42.1 Å². The van der Waals surface area contributed by atoms with E-state index in [9.17, 15) is 0 Å². The minimum Gasteiger partial charge on any atom is -0.102 e. The second-order valence-corrected chi connectivity index (χ2v) is 5.65. The highest BCUT2D eigenvalue weighted by Gasteiger charge is 2.97. The van der Waals surface area contributed by atoms with Gasteiger partial charge in [0.15, 0.2) is 0 Å². The van der Waals surface area contributed by atoms with E-state index in [-0.39, 0.29) is 0 Å². The molecule has 3 fully saturated rings. The number of hydrogen-bond acceptors (Lipinski definition) is 0. The van der Waals surface area contributed by atoms with E-state index < -0.39 is 0 Å². The van der Waals surface area contributed by atoms with Gasteiger partial charge in [-0.2, -0.15) is 0 Å². The molecular weight excluding hydrogens is 180 g/mol. The molecule has 76 valence electrons. The van der Waals surface area contributed by atoms with Crippen LogP contribution in [0.5, 0.6) is 0 Å². The summed E-state index contributed by atoms with van der Waals surface area (Å²) in [5, 5.41) is 0. The second kappa shape index (κ2) is 2.21. The Morgan fingerprint density at radius 3 is 2.53 bits per heavy atom. The summed E-state index contributed by atoms with van der Waals surface area (Å²) >= 11 is 0. The van der Waals surface area contributed by atoms with E-state index in [1.807, 2.05) is 0 Å². The first kappa shape index (κ1) is 8.15. The highest BCUT2D eigenvalue weighted by molar-refractivity contribution is 5.49. The molecule has 3 saturated carbocycles. The monoisotopic (exact) mass is 196 g/mol. The first-order valence-corrected chi connectivity index (χ1v) is 5.98. The quantitative estimate of drug-likeness (QED) is 0.649. The maximum atomic E-state index is 4.03. The average molecular weight is 196 g/mol.